The van der Waals surface area contributed by atoms with Gasteiger partial charge in [-0.3, -0.25) is 0 Å². The number of benzene rings is 1. The van der Waals surface area contributed by atoms with Gasteiger partial charge in [0.15, 0.2) is 0 Å². The van der Waals surface area contributed by atoms with Crippen molar-refractivity contribution in [3.63, 3.8) is 0 Å². The standard InChI is InChI=1S/C21H30N2O2Se/c1-4-18(26-17-13-9-6-10-14-17)20(24)23-19(15(2)22(3)21(23)25)16-11-7-5-8-12-16/h6,9-10,13-16,18-19H,4-5,7-8,11-12H2,1-3H3/t15-,18+,19-/m0/s1. The van der Waals surface area contributed by atoms with Gasteiger partial charge in [-0.1, -0.05) is 0 Å². The minimum atomic E-state index is -0.0969. The summed E-state index contributed by atoms with van der Waals surface area (Å²) in [7, 11) is 1.85. The zero-order valence-corrected chi connectivity index (χ0v) is 17.8. The molecule has 1 aliphatic heterocycles. The number of amides is 3. The Morgan fingerprint density at radius 3 is 2.46 bits per heavy atom. The van der Waals surface area contributed by atoms with E-state index in [0.29, 0.717) is 5.92 Å². The van der Waals surface area contributed by atoms with E-state index in [9.17, 15) is 9.59 Å². The normalized spacial score (nSPS) is 25.6. The van der Waals surface area contributed by atoms with Crippen LogP contribution >= 0.6 is 0 Å². The molecule has 0 unspecified atom stereocenters. The Labute approximate surface area is 163 Å². The average Bonchev–Trinajstić information content (AvgIpc) is 2.91. The maximum absolute atomic E-state index is 13.4. The van der Waals surface area contributed by atoms with Gasteiger partial charge in [0.25, 0.3) is 0 Å². The van der Waals surface area contributed by atoms with Crippen molar-refractivity contribution in [2.75, 3.05) is 7.05 Å². The van der Waals surface area contributed by atoms with Gasteiger partial charge in [0.2, 0.25) is 0 Å². The molecule has 4 nitrogen and oxygen atoms in total. The number of nitrogens with zero attached hydrogens (tertiary/aromatic N) is 2. The number of imide groups is 1. The fourth-order valence-electron chi connectivity index (χ4n) is 4.36. The summed E-state index contributed by atoms with van der Waals surface area (Å²) in [5.41, 5.74) is 0. The first-order chi connectivity index (χ1) is 12.5. The number of hydrogen-bond acceptors (Lipinski definition) is 2. The van der Waals surface area contributed by atoms with Crippen LogP contribution in [0.1, 0.15) is 52.4 Å². The number of likely N-dealkylation sites (N-methyl/N-ethyl adjacent to an activating group) is 1. The number of hydrogen-bond donors (Lipinski definition) is 0. The quantitative estimate of drug-likeness (QED) is 0.684. The molecule has 1 heterocycles. The molecule has 3 atom stereocenters. The van der Waals surface area contributed by atoms with E-state index in [1.54, 1.807) is 9.80 Å². The van der Waals surface area contributed by atoms with Crippen LogP contribution in [0.15, 0.2) is 30.3 Å². The summed E-state index contributed by atoms with van der Waals surface area (Å²) in [5, 5.41) is 0. The molecule has 1 aromatic carbocycles. The first kappa shape index (κ1) is 19.4. The number of carbonyl (C=O) groups excluding carboxylic acids is 2. The van der Waals surface area contributed by atoms with Gasteiger partial charge >= 0.3 is 163 Å². The molecule has 0 spiro atoms. The Bertz CT molecular complexity index is 630. The first-order valence-electron chi connectivity index (χ1n) is 9.86. The van der Waals surface area contributed by atoms with Crippen molar-refractivity contribution in [3.8, 4) is 0 Å². The van der Waals surface area contributed by atoms with Gasteiger partial charge in [-0.05, 0) is 0 Å². The van der Waals surface area contributed by atoms with Gasteiger partial charge in [-0.25, -0.2) is 0 Å². The van der Waals surface area contributed by atoms with Gasteiger partial charge in [0, 0.05) is 0 Å². The molecule has 2 aliphatic rings. The van der Waals surface area contributed by atoms with Gasteiger partial charge in [-0.2, -0.15) is 0 Å². The Kier molecular flexibility index (Phi) is 6.41. The van der Waals surface area contributed by atoms with Crippen LogP contribution in [-0.2, 0) is 4.79 Å². The molecule has 1 aliphatic carbocycles. The Balaban J connectivity index is 1.82. The van der Waals surface area contributed by atoms with Crippen LogP contribution in [0.4, 0.5) is 4.79 Å². The first-order valence-corrected chi connectivity index (χ1v) is 11.7. The third kappa shape index (κ3) is 3.84. The van der Waals surface area contributed by atoms with Crippen molar-refractivity contribution in [3.05, 3.63) is 30.3 Å². The molecule has 0 bridgehead atoms. The second kappa shape index (κ2) is 8.58. The van der Waals surface area contributed by atoms with E-state index in [1.807, 2.05) is 25.2 Å². The Morgan fingerprint density at radius 1 is 1.19 bits per heavy atom. The zero-order chi connectivity index (χ0) is 18.7. The fourth-order valence-corrected chi connectivity index (χ4v) is 6.51. The van der Waals surface area contributed by atoms with Crippen LogP contribution < -0.4 is 4.46 Å². The molecular weight excluding hydrogens is 391 g/mol. The number of rotatable bonds is 5. The molecule has 26 heavy (non-hydrogen) atoms. The summed E-state index contributed by atoms with van der Waals surface area (Å²) in [6.07, 6.45) is 6.79. The van der Waals surface area contributed by atoms with Crippen LogP contribution in [0.5, 0.6) is 0 Å². The molecule has 142 valence electrons. The van der Waals surface area contributed by atoms with Crippen LogP contribution in [0, 0.1) is 5.92 Å². The minimum absolute atomic E-state index is 0.0425. The third-order valence-electron chi connectivity index (χ3n) is 5.95. The Morgan fingerprint density at radius 2 is 1.85 bits per heavy atom. The van der Waals surface area contributed by atoms with Gasteiger partial charge in [-0.15, -0.1) is 0 Å². The van der Waals surface area contributed by atoms with Crippen LogP contribution in [-0.4, -0.2) is 55.8 Å². The van der Waals surface area contributed by atoms with Crippen molar-refractivity contribution in [1.29, 1.82) is 0 Å². The van der Waals surface area contributed by atoms with Crippen LogP contribution in [0.25, 0.3) is 0 Å². The van der Waals surface area contributed by atoms with Gasteiger partial charge in [0.1, 0.15) is 0 Å². The summed E-state index contributed by atoms with van der Waals surface area (Å²) in [4.78, 5) is 29.7. The number of carbonyl (C=O) groups is 2. The van der Waals surface area contributed by atoms with Crippen molar-refractivity contribution >= 4 is 31.4 Å². The van der Waals surface area contributed by atoms with E-state index in [1.165, 1.54) is 23.7 Å². The second-order valence-corrected chi connectivity index (χ2v) is 10.2. The molecular formula is C21H30N2O2Se. The van der Waals surface area contributed by atoms with Crippen molar-refractivity contribution < 1.29 is 9.59 Å². The summed E-state index contributed by atoms with van der Waals surface area (Å²) < 4.78 is 1.22. The molecule has 0 N–H and O–H groups in total. The van der Waals surface area contributed by atoms with E-state index in [4.69, 9.17) is 0 Å². The second-order valence-electron chi connectivity index (χ2n) is 7.56. The van der Waals surface area contributed by atoms with Crippen molar-refractivity contribution in [1.82, 2.24) is 9.80 Å². The molecule has 0 radical (unpaired) electrons. The van der Waals surface area contributed by atoms with Crippen LogP contribution in [0.2, 0.25) is 4.82 Å². The van der Waals surface area contributed by atoms with Gasteiger partial charge < -0.3 is 0 Å². The molecule has 2 fully saturated rings. The molecule has 3 rings (SSSR count). The molecule has 1 saturated carbocycles. The molecule has 1 aromatic rings. The zero-order valence-electron chi connectivity index (χ0n) is 16.1. The Hall–Kier alpha value is -1.32. The van der Waals surface area contributed by atoms with Crippen molar-refractivity contribution in [2.45, 2.75) is 69.3 Å². The SMILES string of the molecule is CC[C@@H]([Se]c1ccccc1)C(=O)N1C(=O)N(C)[C@@H](C)[C@H]1C1CCCCC1. The van der Waals surface area contributed by atoms with E-state index >= 15 is 0 Å². The van der Waals surface area contributed by atoms with Crippen molar-refractivity contribution in [2.24, 2.45) is 5.92 Å². The summed E-state index contributed by atoms with van der Waals surface area (Å²) in [6.45, 7) is 4.17. The third-order valence-corrected chi connectivity index (χ3v) is 8.81. The summed E-state index contributed by atoms with van der Waals surface area (Å²) in [5.74, 6) is 0.506. The summed E-state index contributed by atoms with van der Waals surface area (Å²) >= 11 is 0.0505. The predicted octanol–water partition coefficient (Wildman–Crippen LogP) is 3.45. The topological polar surface area (TPSA) is 40.6 Å². The van der Waals surface area contributed by atoms with Crippen LogP contribution in [0.3, 0.4) is 0 Å². The maximum atomic E-state index is 13.4. The number of urea groups is 1. The predicted molar refractivity (Wildman–Crippen MR) is 106 cm³/mol. The fraction of sp³-hybridized carbons (Fsp3) is 0.619. The average molecular weight is 421 g/mol. The summed E-state index contributed by atoms with van der Waals surface area (Å²) in [6, 6.07) is 10.3. The van der Waals surface area contributed by atoms with E-state index in [2.05, 4.69) is 26.0 Å². The molecule has 5 heteroatoms. The molecule has 1 saturated heterocycles. The van der Waals surface area contributed by atoms with E-state index in [0.717, 1.165) is 19.3 Å². The molecule has 0 aromatic heterocycles. The van der Waals surface area contributed by atoms with E-state index < -0.39 is 0 Å². The monoisotopic (exact) mass is 422 g/mol. The molecule has 3 amide bonds. The van der Waals surface area contributed by atoms with Gasteiger partial charge in [0.05, 0.1) is 0 Å². The van der Waals surface area contributed by atoms with E-state index in [-0.39, 0.29) is 43.8 Å².